The van der Waals surface area contributed by atoms with Gasteiger partial charge in [0.15, 0.2) is 6.10 Å². The van der Waals surface area contributed by atoms with Crippen LogP contribution in [0.15, 0.2) is 31.0 Å². The first-order valence-corrected chi connectivity index (χ1v) is 12.8. The Morgan fingerprint density at radius 2 is 2.05 bits per heavy atom. The van der Waals surface area contributed by atoms with Gasteiger partial charge in [0.25, 0.3) is 5.88 Å². The number of anilines is 1. The highest BCUT2D eigenvalue weighted by Gasteiger charge is 2.34. The summed E-state index contributed by atoms with van der Waals surface area (Å²) >= 11 is 0. The van der Waals surface area contributed by atoms with Gasteiger partial charge in [-0.1, -0.05) is 12.6 Å². The summed E-state index contributed by atoms with van der Waals surface area (Å²) in [6.45, 7) is 7.56. The summed E-state index contributed by atoms with van der Waals surface area (Å²) in [4.78, 5) is 36.9. The first kappa shape index (κ1) is 25.5. The average molecular weight is 520 g/mol. The molecule has 1 unspecified atom stereocenters. The van der Waals surface area contributed by atoms with Crippen molar-refractivity contribution < 1.29 is 19.1 Å². The maximum Gasteiger partial charge on any atom is 0.263 e. The van der Waals surface area contributed by atoms with Crippen LogP contribution >= 0.6 is 0 Å². The van der Waals surface area contributed by atoms with Crippen LogP contribution in [-0.4, -0.2) is 82.1 Å². The molecule has 11 nitrogen and oxygen atoms in total. The molecule has 2 N–H and O–H groups in total. The van der Waals surface area contributed by atoms with E-state index in [9.17, 15) is 9.59 Å². The number of fused-ring (bicyclic) bond motifs is 2. The van der Waals surface area contributed by atoms with E-state index in [1.807, 2.05) is 19.1 Å². The van der Waals surface area contributed by atoms with Crippen LogP contribution in [0, 0.1) is 6.92 Å². The van der Waals surface area contributed by atoms with Crippen LogP contribution in [0.2, 0.25) is 0 Å². The first-order chi connectivity index (χ1) is 18.4. The van der Waals surface area contributed by atoms with Crippen molar-refractivity contribution >= 4 is 28.7 Å². The van der Waals surface area contributed by atoms with Crippen molar-refractivity contribution in [2.24, 2.45) is 0 Å². The molecule has 2 aromatic heterocycles. The summed E-state index contributed by atoms with van der Waals surface area (Å²) in [6.07, 6.45) is 4.57. The molecule has 2 aliphatic rings. The van der Waals surface area contributed by atoms with E-state index >= 15 is 0 Å². The number of nitrogens with zero attached hydrogens (tertiary/aromatic N) is 5. The fourth-order valence-corrected chi connectivity index (χ4v) is 5.07. The van der Waals surface area contributed by atoms with Gasteiger partial charge in [0, 0.05) is 57.0 Å². The SMILES string of the molecule is C=CC(=O)N1CCC(c2nc(NCCC(=O)N(C)C)nc3c2OCC(c2c(C)ccc4[nH]ncc24)O3)CC1. The predicted molar refractivity (Wildman–Crippen MR) is 142 cm³/mol. The highest BCUT2D eigenvalue weighted by Crippen LogP contribution is 2.44. The Bertz CT molecular complexity index is 1360. The number of aromatic nitrogens is 4. The van der Waals surface area contributed by atoms with Crippen LogP contribution in [0.1, 0.15) is 48.1 Å². The minimum Gasteiger partial charge on any atom is -0.482 e. The molecule has 2 amide bonds. The second kappa shape index (κ2) is 10.7. The Morgan fingerprint density at radius 1 is 1.26 bits per heavy atom. The minimum absolute atomic E-state index is 0.0123. The number of carbonyl (C=O) groups excluding carboxylic acids is 2. The zero-order valence-electron chi connectivity index (χ0n) is 22.0. The number of nitrogens with one attached hydrogen (secondary N) is 2. The third-order valence-corrected chi connectivity index (χ3v) is 7.19. The van der Waals surface area contributed by atoms with Crippen LogP contribution in [0.3, 0.4) is 0 Å². The van der Waals surface area contributed by atoms with Crippen LogP contribution in [0.4, 0.5) is 5.95 Å². The largest absolute Gasteiger partial charge is 0.482 e. The van der Waals surface area contributed by atoms with Crippen molar-refractivity contribution in [3.05, 3.63) is 47.8 Å². The Labute approximate surface area is 221 Å². The Kier molecular flexibility index (Phi) is 7.17. The molecule has 1 fully saturated rings. The molecule has 200 valence electrons. The van der Waals surface area contributed by atoms with Crippen molar-refractivity contribution in [1.82, 2.24) is 30.0 Å². The van der Waals surface area contributed by atoms with Crippen LogP contribution in [-0.2, 0) is 9.59 Å². The Morgan fingerprint density at radius 3 is 2.79 bits per heavy atom. The highest BCUT2D eigenvalue weighted by molar-refractivity contribution is 5.87. The quantitative estimate of drug-likeness (QED) is 0.457. The summed E-state index contributed by atoms with van der Waals surface area (Å²) in [5.41, 5.74) is 3.77. The number of hydrogen-bond donors (Lipinski definition) is 2. The van der Waals surface area contributed by atoms with E-state index in [0.717, 1.165) is 40.6 Å². The molecule has 1 saturated heterocycles. The number of carbonyl (C=O) groups is 2. The average Bonchev–Trinajstić information content (AvgIpc) is 3.40. The van der Waals surface area contributed by atoms with Crippen LogP contribution in [0.25, 0.3) is 10.9 Å². The number of likely N-dealkylation sites (tertiary alicyclic amines) is 1. The van der Waals surface area contributed by atoms with Gasteiger partial charge in [-0.25, -0.2) is 4.98 Å². The molecule has 3 aromatic rings. The minimum atomic E-state index is -0.373. The van der Waals surface area contributed by atoms with Gasteiger partial charge in [0.2, 0.25) is 23.5 Å². The first-order valence-electron chi connectivity index (χ1n) is 12.8. The number of H-pyrrole nitrogens is 1. The van der Waals surface area contributed by atoms with Gasteiger partial charge in [0.05, 0.1) is 17.4 Å². The monoisotopic (exact) mass is 519 g/mol. The number of amides is 2. The van der Waals surface area contributed by atoms with E-state index in [-0.39, 0.29) is 23.8 Å². The number of piperidine rings is 1. The number of ether oxygens (including phenoxy) is 2. The van der Waals surface area contributed by atoms with Gasteiger partial charge in [0.1, 0.15) is 6.61 Å². The topological polar surface area (TPSA) is 126 Å². The number of aryl methyl sites for hydroxylation is 1. The van der Waals surface area contributed by atoms with E-state index in [1.54, 1.807) is 30.1 Å². The molecule has 0 aliphatic carbocycles. The lowest BCUT2D eigenvalue weighted by Crippen LogP contribution is -2.37. The molecule has 1 aromatic carbocycles. The number of hydrogen-bond acceptors (Lipinski definition) is 8. The number of aromatic amines is 1. The standard InChI is InChI=1S/C27H33N7O4/c1-5-21(35)34-12-9-17(10-13-34)24-25-26(31-27(30-24)28-11-8-22(36)33(3)4)38-20(15-37-25)23-16(2)6-7-19-18(23)14-29-32-19/h5-7,14,17,20H,1,8-13,15H2,2-4H3,(H,29,32)(H,28,30,31). The van der Waals surface area contributed by atoms with Crippen molar-refractivity contribution in [3.8, 4) is 11.6 Å². The van der Waals surface area contributed by atoms with E-state index in [4.69, 9.17) is 14.5 Å². The lowest BCUT2D eigenvalue weighted by atomic mass is 9.92. The van der Waals surface area contributed by atoms with E-state index < -0.39 is 0 Å². The molecule has 0 spiro atoms. The molecule has 5 rings (SSSR count). The van der Waals surface area contributed by atoms with E-state index in [0.29, 0.717) is 50.2 Å². The van der Waals surface area contributed by atoms with Crippen LogP contribution < -0.4 is 14.8 Å². The fraction of sp³-hybridized carbons (Fsp3) is 0.444. The second-order valence-corrected chi connectivity index (χ2v) is 9.88. The zero-order valence-corrected chi connectivity index (χ0v) is 22.0. The lowest BCUT2D eigenvalue weighted by Gasteiger charge is -2.34. The molecule has 4 heterocycles. The molecular weight excluding hydrogens is 486 g/mol. The summed E-state index contributed by atoms with van der Waals surface area (Å²) < 4.78 is 12.8. The zero-order chi connectivity index (χ0) is 26.8. The van der Waals surface area contributed by atoms with Crippen molar-refractivity contribution in [1.29, 1.82) is 0 Å². The number of benzene rings is 1. The second-order valence-electron chi connectivity index (χ2n) is 9.88. The van der Waals surface area contributed by atoms with Crippen molar-refractivity contribution in [2.75, 3.05) is 45.7 Å². The molecule has 38 heavy (non-hydrogen) atoms. The highest BCUT2D eigenvalue weighted by atomic mass is 16.6. The van der Waals surface area contributed by atoms with Gasteiger partial charge in [-0.15, -0.1) is 0 Å². The molecule has 1 atom stereocenters. The summed E-state index contributed by atoms with van der Waals surface area (Å²) in [7, 11) is 3.46. The summed E-state index contributed by atoms with van der Waals surface area (Å²) in [5, 5.41) is 11.4. The third kappa shape index (κ3) is 5.00. The molecular formula is C27H33N7O4. The normalized spacial score (nSPS) is 17.3. The lowest BCUT2D eigenvalue weighted by molar-refractivity contribution is -0.128. The smallest absolute Gasteiger partial charge is 0.263 e. The number of rotatable bonds is 7. The predicted octanol–water partition coefficient (Wildman–Crippen LogP) is 2.96. The van der Waals surface area contributed by atoms with E-state index in [1.165, 1.54) is 6.08 Å². The summed E-state index contributed by atoms with van der Waals surface area (Å²) in [5.74, 6) is 1.32. The maximum atomic E-state index is 12.1. The van der Waals surface area contributed by atoms with Gasteiger partial charge < -0.3 is 24.6 Å². The van der Waals surface area contributed by atoms with Gasteiger partial charge in [-0.3, -0.25) is 14.7 Å². The van der Waals surface area contributed by atoms with Crippen LogP contribution in [0.5, 0.6) is 11.6 Å². The van der Waals surface area contributed by atoms with Crippen molar-refractivity contribution in [3.63, 3.8) is 0 Å². The molecule has 0 radical (unpaired) electrons. The molecule has 11 heteroatoms. The third-order valence-electron chi connectivity index (χ3n) is 7.19. The van der Waals surface area contributed by atoms with E-state index in [2.05, 4.69) is 27.1 Å². The summed E-state index contributed by atoms with van der Waals surface area (Å²) in [6, 6.07) is 4.03. The Hall–Kier alpha value is -4.15. The van der Waals surface area contributed by atoms with Crippen molar-refractivity contribution in [2.45, 2.75) is 38.2 Å². The molecule has 0 bridgehead atoms. The Balaban J connectivity index is 1.44. The fourth-order valence-electron chi connectivity index (χ4n) is 5.07. The molecule has 2 aliphatic heterocycles. The molecule has 0 saturated carbocycles. The van der Waals surface area contributed by atoms with Gasteiger partial charge in [-0.05, 0) is 37.5 Å². The van der Waals surface area contributed by atoms with Gasteiger partial charge in [-0.2, -0.15) is 10.1 Å². The van der Waals surface area contributed by atoms with Gasteiger partial charge >= 0.3 is 0 Å². The maximum absolute atomic E-state index is 12.1.